The molecule has 222 valence electrons. The molecule has 0 saturated heterocycles. The second-order valence-electron chi connectivity index (χ2n) is 9.83. The van der Waals surface area contributed by atoms with E-state index in [1.54, 1.807) is 30.3 Å². The minimum absolute atomic E-state index is 0.0304. The summed E-state index contributed by atoms with van der Waals surface area (Å²) in [6.45, 7) is 3.88. The third kappa shape index (κ3) is 13.6. The second-order valence-corrected chi connectivity index (χ2v) is 9.83. The number of amides is 3. The van der Waals surface area contributed by atoms with Crippen LogP contribution in [0.4, 0.5) is 0 Å². The van der Waals surface area contributed by atoms with E-state index >= 15 is 0 Å². The van der Waals surface area contributed by atoms with Crippen LogP contribution in [0.1, 0.15) is 51.5 Å². The number of nitrogens with two attached hydrogens (primary N) is 3. The van der Waals surface area contributed by atoms with E-state index in [0.717, 1.165) is 0 Å². The normalized spacial score (nSPS) is 13.8. The zero-order valence-electron chi connectivity index (χ0n) is 22.8. The topological polar surface area (TPSA) is 252 Å². The highest BCUT2D eigenvalue weighted by molar-refractivity contribution is 5.94. The Labute approximate surface area is 233 Å². The van der Waals surface area contributed by atoms with E-state index in [1.165, 1.54) is 0 Å². The van der Waals surface area contributed by atoms with E-state index in [4.69, 9.17) is 22.3 Å². The molecule has 0 radical (unpaired) electrons. The van der Waals surface area contributed by atoms with Gasteiger partial charge in [0, 0.05) is 19.4 Å². The summed E-state index contributed by atoms with van der Waals surface area (Å²) >= 11 is 0. The Bertz CT molecular complexity index is 1030. The van der Waals surface area contributed by atoms with Gasteiger partial charge in [0.25, 0.3) is 0 Å². The SMILES string of the molecule is CC(C)CC(NC(=O)C(CCC(=O)O)NC(=O)C(N)CCCN=C(N)N)C(=O)NC(Cc1ccccc1)C(=O)O. The Morgan fingerprint density at radius 1 is 0.850 bits per heavy atom. The fourth-order valence-corrected chi connectivity index (χ4v) is 3.76. The largest absolute Gasteiger partial charge is 0.481 e. The lowest BCUT2D eigenvalue weighted by atomic mass is 10.0. The molecule has 40 heavy (non-hydrogen) atoms. The van der Waals surface area contributed by atoms with Crippen LogP contribution in [-0.2, 0) is 30.4 Å². The smallest absolute Gasteiger partial charge is 0.326 e. The number of carboxylic acid groups (broad SMARTS) is 2. The van der Waals surface area contributed by atoms with Gasteiger partial charge >= 0.3 is 11.9 Å². The average molecular weight is 564 g/mol. The molecule has 0 spiro atoms. The highest BCUT2D eigenvalue weighted by Gasteiger charge is 2.31. The third-order valence-corrected chi connectivity index (χ3v) is 5.82. The van der Waals surface area contributed by atoms with Crippen LogP contribution in [-0.4, -0.2) is 76.5 Å². The Kier molecular flexibility index (Phi) is 14.7. The van der Waals surface area contributed by atoms with Crippen molar-refractivity contribution < 1.29 is 34.2 Å². The van der Waals surface area contributed by atoms with Gasteiger partial charge in [0.05, 0.1) is 6.04 Å². The number of nitrogens with one attached hydrogen (secondary N) is 3. The summed E-state index contributed by atoms with van der Waals surface area (Å²) in [6, 6.07) is 4.05. The Hall–Kier alpha value is -4.20. The van der Waals surface area contributed by atoms with Gasteiger partial charge in [-0.25, -0.2) is 4.79 Å². The molecular formula is C26H41N7O7. The van der Waals surface area contributed by atoms with Crippen LogP contribution in [0.2, 0.25) is 0 Å². The summed E-state index contributed by atoms with van der Waals surface area (Å²) in [5, 5.41) is 26.3. The van der Waals surface area contributed by atoms with Gasteiger partial charge in [-0.3, -0.25) is 24.2 Å². The first-order valence-electron chi connectivity index (χ1n) is 13.0. The van der Waals surface area contributed by atoms with Gasteiger partial charge in [-0.15, -0.1) is 0 Å². The van der Waals surface area contributed by atoms with Gasteiger partial charge in [-0.1, -0.05) is 44.2 Å². The number of hydrogen-bond acceptors (Lipinski definition) is 7. The number of nitrogens with zero attached hydrogens (tertiary/aromatic N) is 1. The first-order chi connectivity index (χ1) is 18.8. The molecule has 3 amide bonds. The lowest BCUT2D eigenvalue weighted by molar-refractivity contribution is -0.142. The van der Waals surface area contributed by atoms with Crippen molar-refractivity contribution in [1.82, 2.24) is 16.0 Å². The van der Waals surface area contributed by atoms with Crippen molar-refractivity contribution in [3.05, 3.63) is 35.9 Å². The van der Waals surface area contributed by atoms with Gasteiger partial charge in [-0.05, 0) is 37.2 Å². The molecule has 1 aromatic carbocycles. The zero-order valence-corrected chi connectivity index (χ0v) is 22.8. The molecule has 0 fully saturated rings. The monoisotopic (exact) mass is 563 g/mol. The van der Waals surface area contributed by atoms with Crippen molar-refractivity contribution >= 4 is 35.6 Å². The second kappa shape index (κ2) is 17.4. The molecular weight excluding hydrogens is 522 g/mol. The van der Waals surface area contributed by atoms with Crippen LogP contribution in [0.5, 0.6) is 0 Å². The molecule has 1 rings (SSSR count). The van der Waals surface area contributed by atoms with Crippen LogP contribution in [0.25, 0.3) is 0 Å². The summed E-state index contributed by atoms with van der Waals surface area (Å²) in [5.74, 6) is -4.79. The Morgan fingerprint density at radius 3 is 1.98 bits per heavy atom. The van der Waals surface area contributed by atoms with Crippen molar-refractivity contribution in [2.24, 2.45) is 28.1 Å². The van der Waals surface area contributed by atoms with Crippen LogP contribution in [0.15, 0.2) is 35.3 Å². The molecule has 0 aliphatic carbocycles. The van der Waals surface area contributed by atoms with Crippen LogP contribution in [0.3, 0.4) is 0 Å². The maximum absolute atomic E-state index is 13.2. The van der Waals surface area contributed by atoms with Gasteiger partial charge < -0.3 is 43.4 Å². The van der Waals surface area contributed by atoms with E-state index in [2.05, 4.69) is 20.9 Å². The van der Waals surface area contributed by atoms with Crippen molar-refractivity contribution in [2.75, 3.05) is 6.54 Å². The summed E-state index contributed by atoms with van der Waals surface area (Å²) in [4.78, 5) is 65.7. The predicted octanol–water partition coefficient (Wildman–Crippen LogP) is -0.940. The number of carboxylic acids is 2. The van der Waals surface area contributed by atoms with Crippen molar-refractivity contribution in [2.45, 2.75) is 76.5 Å². The molecule has 0 bridgehead atoms. The first-order valence-corrected chi connectivity index (χ1v) is 13.0. The molecule has 4 atom stereocenters. The molecule has 0 aliphatic rings. The molecule has 14 nitrogen and oxygen atoms in total. The maximum Gasteiger partial charge on any atom is 0.326 e. The fraction of sp³-hybridized carbons (Fsp3) is 0.538. The quantitative estimate of drug-likeness (QED) is 0.0618. The molecule has 4 unspecified atom stereocenters. The minimum Gasteiger partial charge on any atom is -0.481 e. The van der Waals surface area contributed by atoms with E-state index in [1.807, 2.05) is 13.8 Å². The number of guanidine groups is 1. The summed E-state index contributed by atoms with van der Waals surface area (Å²) in [5.41, 5.74) is 17.1. The predicted molar refractivity (Wildman–Crippen MR) is 148 cm³/mol. The standard InChI is InChI=1S/C26H41N7O7/c1-15(2)13-19(24(38)33-20(25(39)40)14-16-7-4-3-5-8-16)32-23(37)18(10-11-21(34)35)31-22(36)17(27)9-6-12-30-26(28)29/h3-5,7-8,15,17-20H,6,9-14,27H2,1-2H3,(H,31,36)(H,32,37)(H,33,38)(H,34,35)(H,39,40)(H4,28,29,30). The highest BCUT2D eigenvalue weighted by atomic mass is 16.4. The van der Waals surface area contributed by atoms with Gasteiger partial charge in [0.1, 0.15) is 18.1 Å². The van der Waals surface area contributed by atoms with Crippen LogP contribution < -0.4 is 33.2 Å². The summed E-state index contributed by atoms with van der Waals surface area (Å²) in [7, 11) is 0. The number of carbonyl (C=O) groups excluding carboxylic acids is 3. The molecule has 14 heteroatoms. The van der Waals surface area contributed by atoms with Crippen LogP contribution >= 0.6 is 0 Å². The average Bonchev–Trinajstić information content (AvgIpc) is 2.87. The number of aliphatic imine (C=N–C) groups is 1. The number of benzene rings is 1. The number of aliphatic carboxylic acids is 2. The summed E-state index contributed by atoms with van der Waals surface area (Å²) < 4.78 is 0. The van der Waals surface area contributed by atoms with Crippen molar-refractivity contribution in [3.8, 4) is 0 Å². The maximum atomic E-state index is 13.2. The first kappa shape index (κ1) is 33.8. The van der Waals surface area contributed by atoms with Gasteiger partial charge in [-0.2, -0.15) is 0 Å². The summed E-state index contributed by atoms with van der Waals surface area (Å²) in [6.07, 6.45) is 0.101. The third-order valence-electron chi connectivity index (χ3n) is 5.82. The Morgan fingerprint density at radius 2 is 1.43 bits per heavy atom. The lowest BCUT2D eigenvalue weighted by Gasteiger charge is -2.26. The van der Waals surface area contributed by atoms with Crippen molar-refractivity contribution in [1.29, 1.82) is 0 Å². The van der Waals surface area contributed by atoms with Crippen molar-refractivity contribution in [3.63, 3.8) is 0 Å². The molecule has 11 N–H and O–H groups in total. The van der Waals surface area contributed by atoms with Crippen LogP contribution in [0, 0.1) is 5.92 Å². The van der Waals surface area contributed by atoms with E-state index in [9.17, 15) is 29.1 Å². The molecule has 0 aromatic heterocycles. The Balaban J connectivity index is 2.97. The number of rotatable bonds is 18. The van der Waals surface area contributed by atoms with Gasteiger partial charge in [0.15, 0.2) is 5.96 Å². The van der Waals surface area contributed by atoms with E-state index in [-0.39, 0.29) is 44.1 Å². The number of hydrogen-bond donors (Lipinski definition) is 8. The fourth-order valence-electron chi connectivity index (χ4n) is 3.76. The molecule has 0 saturated carbocycles. The van der Waals surface area contributed by atoms with E-state index in [0.29, 0.717) is 12.0 Å². The number of carbonyl (C=O) groups is 5. The van der Waals surface area contributed by atoms with Gasteiger partial charge in [0.2, 0.25) is 17.7 Å². The van der Waals surface area contributed by atoms with E-state index < -0.39 is 60.2 Å². The molecule has 1 aromatic rings. The minimum atomic E-state index is -1.30. The highest BCUT2D eigenvalue weighted by Crippen LogP contribution is 2.10. The lowest BCUT2D eigenvalue weighted by Crippen LogP contribution is -2.57. The molecule has 0 aliphatic heterocycles. The zero-order chi connectivity index (χ0) is 30.2. The molecule has 0 heterocycles.